The molecule has 2 aromatic carbocycles. The summed E-state index contributed by atoms with van der Waals surface area (Å²) in [4.78, 5) is 38.4. The van der Waals surface area contributed by atoms with Gasteiger partial charge >= 0.3 is 11.9 Å². The number of amides is 1. The van der Waals surface area contributed by atoms with E-state index in [1.54, 1.807) is 0 Å². The van der Waals surface area contributed by atoms with Gasteiger partial charge in [-0.1, -0.05) is 24.3 Å². The highest BCUT2D eigenvalue weighted by Gasteiger charge is 2.31. The van der Waals surface area contributed by atoms with E-state index in [0.29, 0.717) is 28.2 Å². The molecule has 0 unspecified atom stereocenters. The Kier molecular flexibility index (Phi) is 5.41. The maximum absolute atomic E-state index is 14.1. The second-order valence-electron chi connectivity index (χ2n) is 7.32. The van der Waals surface area contributed by atoms with Crippen molar-refractivity contribution in [3.05, 3.63) is 92.0 Å². The Morgan fingerprint density at radius 1 is 1.09 bits per heavy atom. The maximum Gasteiger partial charge on any atom is 0.416 e. The minimum absolute atomic E-state index is 0.0120. The van der Waals surface area contributed by atoms with Gasteiger partial charge in [0.25, 0.3) is 11.5 Å². The Balaban J connectivity index is 1.90. The molecule has 1 aliphatic carbocycles. The lowest BCUT2D eigenvalue weighted by atomic mass is 10.2. The normalized spacial score (nSPS) is 13.8. The van der Waals surface area contributed by atoms with Crippen molar-refractivity contribution < 1.29 is 22.4 Å². The third-order valence-electron chi connectivity index (χ3n) is 4.89. The van der Waals surface area contributed by atoms with Crippen molar-refractivity contribution in [2.75, 3.05) is 0 Å². The molecule has 1 N–H and O–H groups in total. The van der Waals surface area contributed by atoms with Gasteiger partial charge < -0.3 is 5.32 Å². The Morgan fingerprint density at radius 2 is 1.81 bits per heavy atom. The molecule has 166 valence electrons. The van der Waals surface area contributed by atoms with Crippen LogP contribution in [-0.4, -0.2) is 26.3 Å². The van der Waals surface area contributed by atoms with Gasteiger partial charge in [0.2, 0.25) is 5.69 Å². The molecule has 1 amide bonds. The van der Waals surface area contributed by atoms with Crippen molar-refractivity contribution in [3.8, 4) is 5.69 Å². The van der Waals surface area contributed by atoms with Gasteiger partial charge in [-0.25, -0.2) is 9.18 Å². The SMILES string of the molecule is O=C(NC1CC1)c1nn(-c2cccc(C(F)(F)F)c2)c(=O)n(Cc2ccccc2F)c1=O. The molecule has 1 heterocycles. The Morgan fingerprint density at radius 3 is 2.47 bits per heavy atom. The molecule has 0 radical (unpaired) electrons. The van der Waals surface area contributed by atoms with Gasteiger partial charge in [0.1, 0.15) is 5.82 Å². The lowest BCUT2D eigenvalue weighted by Crippen LogP contribution is -2.46. The lowest BCUT2D eigenvalue weighted by Gasteiger charge is -2.14. The fraction of sp³-hybridized carbons (Fsp3) is 0.238. The van der Waals surface area contributed by atoms with E-state index in [4.69, 9.17) is 0 Å². The third-order valence-corrected chi connectivity index (χ3v) is 4.89. The van der Waals surface area contributed by atoms with Crippen LogP contribution in [0.3, 0.4) is 0 Å². The maximum atomic E-state index is 14.1. The van der Waals surface area contributed by atoms with E-state index in [0.717, 1.165) is 18.2 Å². The highest BCUT2D eigenvalue weighted by molar-refractivity contribution is 5.92. The summed E-state index contributed by atoms with van der Waals surface area (Å²) in [6.45, 7) is -0.532. The summed E-state index contributed by atoms with van der Waals surface area (Å²) in [6.07, 6.45) is -3.27. The Labute approximate surface area is 177 Å². The predicted octanol–water partition coefficient (Wildman–Crippen LogP) is 2.49. The van der Waals surface area contributed by atoms with E-state index in [9.17, 15) is 31.9 Å². The number of benzene rings is 2. The largest absolute Gasteiger partial charge is 0.416 e. The summed E-state index contributed by atoms with van der Waals surface area (Å²) in [5.74, 6) is -1.55. The highest BCUT2D eigenvalue weighted by Crippen LogP contribution is 2.30. The Bertz CT molecular complexity index is 1310. The quantitative estimate of drug-likeness (QED) is 0.608. The fourth-order valence-electron chi connectivity index (χ4n) is 3.06. The molecule has 4 rings (SSSR count). The van der Waals surface area contributed by atoms with Gasteiger partial charge in [-0.3, -0.25) is 14.2 Å². The molecule has 0 aliphatic heterocycles. The van der Waals surface area contributed by atoms with Gasteiger partial charge in [0.15, 0.2) is 0 Å². The first kappa shape index (κ1) is 21.5. The zero-order chi connectivity index (χ0) is 23.0. The summed E-state index contributed by atoms with van der Waals surface area (Å²) in [5.41, 5.74) is -4.21. The van der Waals surface area contributed by atoms with Crippen molar-refractivity contribution in [3.63, 3.8) is 0 Å². The molecule has 1 aromatic heterocycles. The van der Waals surface area contributed by atoms with E-state index in [1.807, 2.05) is 0 Å². The van der Waals surface area contributed by atoms with Crippen LogP contribution < -0.4 is 16.6 Å². The predicted molar refractivity (Wildman–Crippen MR) is 105 cm³/mol. The summed E-state index contributed by atoms with van der Waals surface area (Å²) in [6, 6.07) is 9.00. The van der Waals surface area contributed by atoms with Crippen molar-refractivity contribution in [2.45, 2.75) is 31.6 Å². The summed E-state index contributed by atoms with van der Waals surface area (Å²) in [5, 5.41) is 6.33. The smallest absolute Gasteiger partial charge is 0.348 e. The average molecular weight is 448 g/mol. The van der Waals surface area contributed by atoms with Crippen LogP contribution in [-0.2, 0) is 12.7 Å². The molecule has 0 spiro atoms. The molecule has 1 aliphatic rings. The van der Waals surface area contributed by atoms with Gasteiger partial charge in [-0.15, -0.1) is 0 Å². The van der Waals surface area contributed by atoms with Crippen LogP contribution in [0.25, 0.3) is 5.69 Å². The van der Waals surface area contributed by atoms with E-state index in [2.05, 4.69) is 10.4 Å². The molecule has 0 atom stereocenters. The molecule has 1 saturated carbocycles. The van der Waals surface area contributed by atoms with Crippen LogP contribution in [0.1, 0.15) is 34.5 Å². The minimum Gasteiger partial charge on any atom is -0.348 e. The second kappa shape index (κ2) is 8.06. The molecule has 1 fully saturated rings. The van der Waals surface area contributed by atoms with E-state index < -0.39 is 47.0 Å². The number of nitrogens with one attached hydrogen (secondary N) is 1. The first-order valence-electron chi connectivity index (χ1n) is 9.61. The zero-order valence-corrected chi connectivity index (χ0v) is 16.4. The van der Waals surface area contributed by atoms with Gasteiger partial charge in [-0.05, 0) is 37.1 Å². The van der Waals surface area contributed by atoms with Crippen LogP contribution in [0.5, 0.6) is 0 Å². The lowest BCUT2D eigenvalue weighted by molar-refractivity contribution is -0.137. The Hall–Kier alpha value is -3.76. The van der Waals surface area contributed by atoms with Crippen LogP contribution in [0.2, 0.25) is 0 Å². The summed E-state index contributed by atoms with van der Waals surface area (Å²) in [7, 11) is 0. The van der Waals surface area contributed by atoms with Crippen molar-refractivity contribution in [1.82, 2.24) is 19.7 Å². The number of alkyl halides is 3. The van der Waals surface area contributed by atoms with Gasteiger partial charge in [0.05, 0.1) is 17.8 Å². The zero-order valence-electron chi connectivity index (χ0n) is 16.4. The summed E-state index contributed by atoms with van der Waals surface area (Å²) < 4.78 is 54.7. The highest BCUT2D eigenvalue weighted by atomic mass is 19.4. The van der Waals surface area contributed by atoms with Crippen LogP contribution in [0, 0.1) is 5.82 Å². The number of halogens is 4. The number of carbonyl (C=O) groups excluding carboxylic acids is 1. The molecule has 11 heteroatoms. The van der Waals surface area contributed by atoms with Gasteiger partial charge in [0, 0.05) is 11.6 Å². The third kappa shape index (κ3) is 4.32. The molecule has 7 nitrogen and oxygen atoms in total. The minimum atomic E-state index is -4.69. The number of rotatable bonds is 5. The average Bonchev–Trinajstić information content (AvgIpc) is 3.56. The second-order valence-corrected chi connectivity index (χ2v) is 7.32. The standard InChI is InChI=1S/C21H16F4N4O3/c22-16-7-2-1-4-12(16)11-28-19(31)17(18(30)26-14-8-9-14)27-29(20(28)32)15-6-3-5-13(10-15)21(23,24)25/h1-7,10,14H,8-9,11H2,(H,26,30). The van der Waals surface area contributed by atoms with Gasteiger partial charge in [-0.2, -0.15) is 23.0 Å². The van der Waals surface area contributed by atoms with E-state index in [1.165, 1.54) is 24.3 Å². The molecule has 0 saturated heterocycles. The van der Waals surface area contributed by atoms with Crippen molar-refractivity contribution in [1.29, 1.82) is 0 Å². The monoisotopic (exact) mass is 448 g/mol. The fourth-order valence-corrected chi connectivity index (χ4v) is 3.06. The van der Waals surface area contributed by atoms with Crippen LogP contribution >= 0.6 is 0 Å². The number of aromatic nitrogens is 3. The van der Waals surface area contributed by atoms with E-state index >= 15 is 0 Å². The first-order chi connectivity index (χ1) is 15.1. The number of hydrogen-bond acceptors (Lipinski definition) is 4. The number of hydrogen-bond donors (Lipinski definition) is 1. The van der Waals surface area contributed by atoms with Crippen LogP contribution in [0.4, 0.5) is 17.6 Å². The molecule has 32 heavy (non-hydrogen) atoms. The van der Waals surface area contributed by atoms with Crippen molar-refractivity contribution >= 4 is 5.91 Å². The molecular weight excluding hydrogens is 432 g/mol. The van der Waals surface area contributed by atoms with E-state index in [-0.39, 0.29) is 17.3 Å². The number of carbonyl (C=O) groups is 1. The molecular formula is C21H16F4N4O3. The first-order valence-corrected chi connectivity index (χ1v) is 9.61. The van der Waals surface area contributed by atoms with Crippen molar-refractivity contribution in [2.24, 2.45) is 0 Å². The molecule has 3 aromatic rings. The molecule has 0 bridgehead atoms. The number of nitrogens with zero attached hydrogens (tertiary/aromatic N) is 3. The van der Waals surface area contributed by atoms with Crippen LogP contribution in [0.15, 0.2) is 58.1 Å². The summed E-state index contributed by atoms with van der Waals surface area (Å²) >= 11 is 0. The topological polar surface area (TPSA) is 86.0 Å².